The van der Waals surface area contributed by atoms with Gasteiger partial charge in [-0.3, -0.25) is 0 Å². The van der Waals surface area contributed by atoms with Gasteiger partial charge >= 0.3 is 37.7 Å². The fourth-order valence-electron chi connectivity index (χ4n) is 1.89. The zero-order chi connectivity index (χ0) is 15.2. The number of rotatable bonds is 8. The Hall–Kier alpha value is 0.155. The van der Waals surface area contributed by atoms with E-state index in [0.29, 0.717) is 10.8 Å². The fraction of sp³-hybridized carbons (Fsp3) is 0.600. The van der Waals surface area contributed by atoms with Gasteiger partial charge in [-0.15, -0.1) is 0 Å². The van der Waals surface area contributed by atoms with Gasteiger partial charge in [-0.2, -0.15) is 48.2 Å². The van der Waals surface area contributed by atoms with Crippen molar-refractivity contribution < 1.29 is 37.7 Å². The van der Waals surface area contributed by atoms with Gasteiger partial charge in [0.1, 0.15) is 0 Å². The summed E-state index contributed by atoms with van der Waals surface area (Å²) in [5.74, 6) is 0. The van der Waals surface area contributed by atoms with Crippen molar-refractivity contribution in [3.8, 4) is 0 Å². The molecule has 0 aliphatic carbocycles. The first-order valence-electron chi connectivity index (χ1n) is 8.04. The van der Waals surface area contributed by atoms with Gasteiger partial charge in [-0.25, -0.2) is 0 Å². The summed E-state index contributed by atoms with van der Waals surface area (Å²) in [4.78, 5) is 0. The Kier molecular flexibility index (Phi) is 12.0. The summed E-state index contributed by atoms with van der Waals surface area (Å²) in [7, 11) is 0. The minimum atomic E-state index is 0. The zero-order valence-electron chi connectivity index (χ0n) is 16.3. The molecule has 0 saturated carbocycles. The molecule has 0 heterocycles. The SMILES string of the molecule is CCC(C)(C)C[CH-]c1cccc([CH-]CC(C)(C)CC)c1.[Li+].[Li+]. The fourth-order valence-corrected chi connectivity index (χ4v) is 1.89. The molecule has 0 unspecified atom stereocenters. The van der Waals surface area contributed by atoms with E-state index in [2.05, 4.69) is 78.6 Å². The summed E-state index contributed by atoms with van der Waals surface area (Å²) < 4.78 is 0. The maximum absolute atomic E-state index is 2.38. The monoisotopic (exact) mass is 286 g/mol. The molecule has 0 radical (unpaired) electrons. The first-order chi connectivity index (χ1) is 9.28. The third-order valence-electron chi connectivity index (χ3n) is 4.61. The van der Waals surface area contributed by atoms with Crippen LogP contribution in [-0.4, -0.2) is 0 Å². The number of hydrogen-bond donors (Lipinski definition) is 0. The van der Waals surface area contributed by atoms with Crippen LogP contribution in [0.3, 0.4) is 0 Å². The molecule has 114 valence electrons. The molecule has 22 heavy (non-hydrogen) atoms. The second-order valence-electron chi connectivity index (χ2n) is 7.52. The Labute approximate surface area is 163 Å². The summed E-state index contributed by atoms with van der Waals surface area (Å²) in [5.41, 5.74) is 3.53. The van der Waals surface area contributed by atoms with Crippen molar-refractivity contribution in [1.29, 1.82) is 0 Å². The average molecular weight is 286 g/mol. The second kappa shape index (κ2) is 10.8. The van der Waals surface area contributed by atoms with Crippen molar-refractivity contribution in [1.82, 2.24) is 0 Å². The molecule has 0 nitrogen and oxygen atoms in total. The topological polar surface area (TPSA) is 0 Å². The van der Waals surface area contributed by atoms with Crippen LogP contribution in [0.4, 0.5) is 0 Å². The Bertz CT molecular complexity index is 373. The Balaban J connectivity index is 0. The largest absolute Gasteiger partial charge is 1.00 e. The third kappa shape index (κ3) is 9.33. The normalized spacial score (nSPS) is 11.2. The summed E-state index contributed by atoms with van der Waals surface area (Å²) in [5, 5.41) is 0. The van der Waals surface area contributed by atoms with Crippen molar-refractivity contribution in [2.45, 2.75) is 67.2 Å². The van der Waals surface area contributed by atoms with Crippen LogP contribution in [0.25, 0.3) is 0 Å². The Morgan fingerprint density at radius 3 is 1.45 bits per heavy atom. The molecule has 0 bridgehead atoms. The van der Waals surface area contributed by atoms with Gasteiger partial charge < -0.3 is 0 Å². The van der Waals surface area contributed by atoms with Crippen LogP contribution < -0.4 is 37.7 Å². The molecule has 0 aromatic heterocycles. The predicted molar refractivity (Wildman–Crippen MR) is 90.6 cm³/mol. The van der Waals surface area contributed by atoms with E-state index >= 15 is 0 Å². The van der Waals surface area contributed by atoms with E-state index < -0.39 is 0 Å². The molecule has 1 aromatic rings. The van der Waals surface area contributed by atoms with Crippen LogP contribution in [-0.2, 0) is 0 Å². The Morgan fingerprint density at radius 1 is 0.773 bits per heavy atom. The van der Waals surface area contributed by atoms with E-state index in [9.17, 15) is 0 Å². The van der Waals surface area contributed by atoms with E-state index in [1.165, 1.54) is 24.0 Å². The molecule has 0 saturated heterocycles. The van der Waals surface area contributed by atoms with E-state index in [1.807, 2.05) is 0 Å². The average Bonchev–Trinajstić information content (AvgIpc) is 2.44. The summed E-state index contributed by atoms with van der Waals surface area (Å²) in [6, 6.07) is 8.93. The minimum absolute atomic E-state index is 0. The van der Waals surface area contributed by atoms with Crippen molar-refractivity contribution in [3.05, 3.63) is 48.2 Å². The first kappa shape index (κ1) is 24.4. The maximum atomic E-state index is 2.38. The van der Waals surface area contributed by atoms with Crippen LogP contribution >= 0.6 is 0 Å². The predicted octanol–water partition coefficient (Wildman–Crippen LogP) is 0.452. The van der Waals surface area contributed by atoms with E-state index in [1.54, 1.807) is 0 Å². The maximum Gasteiger partial charge on any atom is 1.00 e. The van der Waals surface area contributed by atoms with Crippen LogP contribution in [0, 0.1) is 23.7 Å². The van der Waals surface area contributed by atoms with Crippen LogP contribution in [0.5, 0.6) is 0 Å². The number of benzene rings is 1. The van der Waals surface area contributed by atoms with Gasteiger partial charge in [0.15, 0.2) is 0 Å². The van der Waals surface area contributed by atoms with Crippen molar-refractivity contribution in [2.24, 2.45) is 10.8 Å². The molecule has 1 aromatic carbocycles. The zero-order valence-corrected chi connectivity index (χ0v) is 16.3. The van der Waals surface area contributed by atoms with E-state index in [4.69, 9.17) is 0 Å². The van der Waals surface area contributed by atoms with Crippen LogP contribution in [0.1, 0.15) is 78.4 Å². The quantitative estimate of drug-likeness (QED) is 0.481. The van der Waals surface area contributed by atoms with Gasteiger partial charge in [-0.05, 0) is 10.8 Å². The first-order valence-corrected chi connectivity index (χ1v) is 8.04. The van der Waals surface area contributed by atoms with Crippen LogP contribution in [0.15, 0.2) is 24.3 Å². The number of hydrogen-bond acceptors (Lipinski definition) is 0. The van der Waals surface area contributed by atoms with Gasteiger partial charge in [-0.1, -0.05) is 67.2 Å². The molecule has 1 rings (SSSR count). The smallest absolute Gasteiger partial charge is 0.194 e. The van der Waals surface area contributed by atoms with Crippen molar-refractivity contribution in [2.75, 3.05) is 0 Å². The molecular formula is C20H32Li2. The van der Waals surface area contributed by atoms with Crippen molar-refractivity contribution in [3.63, 3.8) is 0 Å². The molecule has 0 spiro atoms. The molecular weight excluding hydrogens is 254 g/mol. The van der Waals surface area contributed by atoms with E-state index in [-0.39, 0.29) is 37.7 Å². The minimum Gasteiger partial charge on any atom is -0.194 e. The molecule has 0 N–H and O–H groups in total. The molecule has 0 fully saturated rings. The van der Waals surface area contributed by atoms with E-state index in [0.717, 1.165) is 12.8 Å². The van der Waals surface area contributed by atoms with Gasteiger partial charge in [0.05, 0.1) is 0 Å². The standard InChI is InChI=1S/C20H32.2Li/c1-7-19(3,4)14-12-17-10-9-11-18(16-17)13-15-20(5,6)8-2;;/h9-13,16H,7-8,14-15H2,1-6H3;;/q-2;2*+1. The molecule has 0 aliphatic rings. The molecule has 0 atom stereocenters. The third-order valence-corrected chi connectivity index (χ3v) is 4.61. The second-order valence-corrected chi connectivity index (χ2v) is 7.52. The molecule has 0 aliphatic heterocycles. The van der Waals surface area contributed by atoms with Gasteiger partial charge in [0.25, 0.3) is 0 Å². The Morgan fingerprint density at radius 2 is 1.14 bits per heavy atom. The van der Waals surface area contributed by atoms with Crippen molar-refractivity contribution >= 4 is 0 Å². The summed E-state index contributed by atoms with van der Waals surface area (Å²) in [6.45, 7) is 13.9. The molecule has 2 heteroatoms. The summed E-state index contributed by atoms with van der Waals surface area (Å²) in [6.07, 6.45) is 9.50. The molecule has 0 amide bonds. The van der Waals surface area contributed by atoms with Gasteiger partial charge in [0, 0.05) is 0 Å². The van der Waals surface area contributed by atoms with Crippen LogP contribution in [0.2, 0.25) is 0 Å². The van der Waals surface area contributed by atoms with Gasteiger partial charge in [0.2, 0.25) is 0 Å². The summed E-state index contributed by atoms with van der Waals surface area (Å²) >= 11 is 0.